The summed E-state index contributed by atoms with van der Waals surface area (Å²) >= 11 is 0. The van der Waals surface area contributed by atoms with Crippen LogP contribution in [0, 0.1) is 0 Å². The van der Waals surface area contributed by atoms with Crippen LogP contribution in [0.4, 0.5) is 0 Å². The summed E-state index contributed by atoms with van der Waals surface area (Å²) < 4.78 is 0. The first-order valence-corrected chi connectivity index (χ1v) is 4.26. The number of allylic oxidation sites excluding steroid dienone is 1. The molecular formula is C11H15N. The van der Waals surface area contributed by atoms with E-state index >= 15 is 0 Å². The van der Waals surface area contributed by atoms with Crippen LogP contribution in [0.2, 0.25) is 0 Å². The molecule has 12 heavy (non-hydrogen) atoms. The molecule has 1 heteroatoms. The predicted octanol–water partition coefficient (Wildman–Crippen LogP) is 2.31. The smallest absolute Gasteiger partial charge is 0.0107 e. The van der Waals surface area contributed by atoms with Gasteiger partial charge in [0.25, 0.3) is 0 Å². The molecule has 1 atom stereocenters. The van der Waals surface area contributed by atoms with Crippen LogP contribution in [0.5, 0.6) is 0 Å². The third-order valence-electron chi connectivity index (χ3n) is 1.89. The van der Waals surface area contributed by atoms with Crippen LogP contribution >= 0.6 is 0 Å². The first-order chi connectivity index (χ1) is 5.84. The molecule has 0 heterocycles. The van der Waals surface area contributed by atoms with Gasteiger partial charge in [0.05, 0.1) is 0 Å². The third-order valence-corrected chi connectivity index (χ3v) is 1.89. The van der Waals surface area contributed by atoms with E-state index in [1.165, 1.54) is 5.56 Å². The zero-order valence-corrected chi connectivity index (χ0v) is 7.40. The van der Waals surface area contributed by atoms with Gasteiger partial charge in [-0.25, -0.2) is 0 Å². The summed E-state index contributed by atoms with van der Waals surface area (Å²) in [6, 6.07) is 10.4. The molecule has 0 fully saturated rings. The zero-order valence-electron chi connectivity index (χ0n) is 7.40. The van der Waals surface area contributed by atoms with Crippen molar-refractivity contribution in [3.8, 4) is 0 Å². The fourth-order valence-electron chi connectivity index (χ4n) is 1.15. The number of nitrogens with two attached hydrogens (primary N) is 1. The van der Waals surface area contributed by atoms with E-state index in [0.717, 1.165) is 0 Å². The van der Waals surface area contributed by atoms with Crippen molar-refractivity contribution in [2.75, 3.05) is 6.54 Å². The zero-order chi connectivity index (χ0) is 8.81. The van der Waals surface area contributed by atoms with E-state index in [9.17, 15) is 0 Å². The van der Waals surface area contributed by atoms with Gasteiger partial charge >= 0.3 is 0 Å². The maximum atomic E-state index is 5.37. The lowest BCUT2D eigenvalue weighted by Gasteiger charge is -2.04. The number of hydrogen-bond donors (Lipinski definition) is 1. The molecule has 0 saturated heterocycles. The molecule has 0 aliphatic carbocycles. The summed E-state index contributed by atoms with van der Waals surface area (Å²) in [5.41, 5.74) is 6.70. The molecule has 64 valence electrons. The second kappa shape index (κ2) is 4.73. The summed E-state index contributed by atoms with van der Waals surface area (Å²) in [7, 11) is 0. The Bertz CT molecular complexity index is 238. The van der Waals surface area contributed by atoms with Crippen molar-refractivity contribution in [2.45, 2.75) is 12.8 Å². The fourth-order valence-corrected chi connectivity index (χ4v) is 1.15. The highest BCUT2D eigenvalue weighted by Crippen LogP contribution is 2.14. The SMILES string of the molecule is CC(C=CCN)c1ccccc1. The topological polar surface area (TPSA) is 26.0 Å². The van der Waals surface area contributed by atoms with E-state index in [2.05, 4.69) is 37.3 Å². The van der Waals surface area contributed by atoms with E-state index in [1.807, 2.05) is 12.1 Å². The van der Waals surface area contributed by atoms with Gasteiger partial charge in [-0.3, -0.25) is 0 Å². The first-order valence-electron chi connectivity index (χ1n) is 4.26. The molecule has 0 aliphatic heterocycles. The second-order valence-electron chi connectivity index (χ2n) is 2.86. The van der Waals surface area contributed by atoms with E-state index in [4.69, 9.17) is 5.73 Å². The van der Waals surface area contributed by atoms with Crippen molar-refractivity contribution in [2.24, 2.45) is 5.73 Å². The van der Waals surface area contributed by atoms with Crippen LogP contribution in [0.1, 0.15) is 18.4 Å². The lowest BCUT2D eigenvalue weighted by atomic mass is 10.0. The van der Waals surface area contributed by atoms with Gasteiger partial charge in [-0.2, -0.15) is 0 Å². The Morgan fingerprint density at radius 3 is 2.58 bits per heavy atom. The Morgan fingerprint density at radius 2 is 2.00 bits per heavy atom. The Balaban J connectivity index is 2.65. The largest absolute Gasteiger partial charge is 0.327 e. The van der Waals surface area contributed by atoms with Crippen molar-refractivity contribution in [3.05, 3.63) is 48.0 Å². The first kappa shape index (κ1) is 9.01. The minimum Gasteiger partial charge on any atom is -0.327 e. The maximum Gasteiger partial charge on any atom is 0.0107 e. The predicted molar refractivity (Wildman–Crippen MR) is 53.1 cm³/mol. The Labute approximate surface area is 73.9 Å². The molecule has 1 aromatic rings. The monoisotopic (exact) mass is 161 g/mol. The molecule has 1 aromatic carbocycles. The van der Waals surface area contributed by atoms with Gasteiger partial charge in [0.1, 0.15) is 0 Å². The van der Waals surface area contributed by atoms with Gasteiger partial charge < -0.3 is 5.73 Å². The lowest BCUT2D eigenvalue weighted by Crippen LogP contribution is -1.94. The Hall–Kier alpha value is -1.08. The van der Waals surface area contributed by atoms with E-state index in [-0.39, 0.29) is 0 Å². The van der Waals surface area contributed by atoms with Gasteiger partial charge in [0.2, 0.25) is 0 Å². The van der Waals surface area contributed by atoms with Gasteiger partial charge in [0, 0.05) is 6.54 Å². The summed E-state index contributed by atoms with van der Waals surface area (Å²) in [5.74, 6) is 0.467. The highest BCUT2D eigenvalue weighted by Gasteiger charge is 1.97. The minimum atomic E-state index is 0.467. The van der Waals surface area contributed by atoms with Gasteiger partial charge in [-0.05, 0) is 11.5 Å². The Kier molecular flexibility index (Phi) is 3.55. The summed E-state index contributed by atoms with van der Waals surface area (Å²) in [6.45, 7) is 2.79. The van der Waals surface area contributed by atoms with E-state index in [0.29, 0.717) is 12.5 Å². The molecule has 0 aromatic heterocycles. The molecular weight excluding hydrogens is 146 g/mol. The number of rotatable bonds is 3. The highest BCUT2D eigenvalue weighted by atomic mass is 14.5. The molecule has 1 unspecified atom stereocenters. The van der Waals surface area contributed by atoms with Crippen molar-refractivity contribution in [3.63, 3.8) is 0 Å². The number of benzene rings is 1. The minimum absolute atomic E-state index is 0.467. The van der Waals surface area contributed by atoms with Crippen molar-refractivity contribution < 1.29 is 0 Å². The average molecular weight is 161 g/mol. The molecule has 2 N–H and O–H groups in total. The average Bonchev–Trinajstić information content (AvgIpc) is 2.15. The van der Waals surface area contributed by atoms with Crippen LogP contribution in [-0.2, 0) is 0 Å². The molecule has 0 bridgehead atoms. The van der Waals surface area contributed by atoms with Gasteiger partial charge in [-0.1, -0.05) is 49.4 Å². The normalized spacial score (nSPS) is 13.5. The van der Waals surface area contributed by atoms with Crippen LogP contribution in [-0.4, -0.2) is 6.54 Å². The number of hydrogen-bond acceptors (Lipinski definition) is 1. The summed E-state index contributed by atoms with van der Waals surface area (Å²) in [6.07, 6.45) is 4.13. The Morgan fingerprint density at radius 1 is 1.33 bits per heavy atom. The van der Waals surface area contributed by atoms with E-state index < -0.39 is 0 Å². The maximum absolute atomic E-state index is 5.37. The molecule has 0 aliphatic rings. The molecule has 1 rings (SSSR count). The second-order valence-corrected chi connectivity index (χ2v) is 2.86. The molecule has 0 amide bonds. The van der Waals surface area contributed by atoms with Crippen molar-refractivity contribution in [1.82, 2.24) is 0 Å². The molecule has 0 saturated carbocycles. The molecule has 0 radical (unpaired) electrons. The highest BCUT2D eigenvalue weighted by molar-refractivity contribution is 5.22. The quantitative estimate of drug-likeness (QED) is 0.676. The van der Waals surface area contributed by atoms with E-state index in [1.54, 1.807) is 0 Å². The van der Waals surface area contributed by atoms with Crippen LogP contribution < -0.4 is 5.73 Å². The van der Waals surface area contributed by atoms with Crippen LogP contribution in [0.3, 0.4) is 0 Å². The molecule has 1 nitrogen and oxygen atoms in total. The van der Waals surface area contributed by atoms with Crippen molar-refractivity contribution >= 4 is 0 Å². The summed E-state index contributed by atoms with van der Waals surface area (Å²) in [4.78, 5) is 0. The van der Waals surface area contributed by atoms with Gasteiger partial charge in [-0.15, -0.1) is 0 Å². The third kappa shape index (κ3) is 2.51. The standard InChI is InChI=1S/C11H15N/c1-10(6-5-9-12)11-7-3-2-4-8-11/h2-8,10H,9,12H2,1H3. The van der Waals surface area contributed by atoms with Crippen LogP contribution in [0.25, 0.3) is 0 Å². The lowest BCUT2D eigenvalue weighted by molar-refractivity contribution is 0.960. The fraction of sp³-hybridized carbons (Fsp3) is 0.273. The summed E-state index contributed by atoms with van der Waals surface area (Å²) in [5, 5.41) is 0. The van der Waals surface area contributed by atoms with Gasteiger partial charge in [0.15, 0.2) is 0 Å². The van der Waals surface area contributed by atoms with Crippen molar-refractivity contribution in [1.29, 1.82) is 0 Å². The molecule has 0 spiro atoms. The van der Waals surface area contributed by atoms with Crippen LogP contribution in [0.15, 0.2) is 42.5 Å².